The number of amides is 3. The molecular formula is C26H31N3O4. The Balaban J connectivity index is 1.51. The lowest BCUT2D eigenvalue weighted by Crippen LogP contribution is -2.51. The maximum atomic E-state index is 13.2. The minimum atomic E-state index is -0.397. The molecule has 2 aliphatic heterocycles. The Kier molecular flexibility index (Phi) is 6.63. The number of rotatable bonds is 6. The minimum absolute atomic E-state index is 0.204. The van der Waals surface area contributed by atoms with Crippen molar-refractivity contribution in [1.29, 1.82) is 0 Å². The molecule has 2 heterocycles. The summed E-state index contributed by atoms with van der Waals surface area (Å²) in [5.41, 5.74) is 3.36. The van der Waals surface area contributed by atoms with Crippen LogP contribution >= 0.6 is 0 Å². The third kappa shape index (κ3) is 4.56. The summed E-state index contributed by atoms with van der Waals surface area (Å²) in [6.07, 6.45) is 0. The number of hydrogen-bond acceptors (Lipinski definition) is 5. The molecule has 4 rings (SSSR count). The molecule has 1 saturated heterocycles. The first kappa shape index (κ1) is 23.1. The molecule has 0 radical (unpaired) electrons. The van der Waals surface area contributed by atoms with E-state index < -0.39 is 5.91 Å². The quantitative estimate of drug-likeness (QED) is 0.686. The van der Waals surface area contributed by atoms with Crippen LogP contribution in [-0.4, -0.2) is 61.5 Å². The van der Waals surface area contributed by atoms with Gasteiger partial charge in [0.05, 0.1) is 30.0 Å². The first-order chi connectivity index (χ1) is 15.8. The second-order valence-corrected chi connectivity index (χ2v) is 9.17. The van der Waals surface area contributed by atoms with Gasteiger partial charge in [-0.3, -0.25) is 19.3 Å². The summed E-state index contributed by atoms with van der Waals surface area (Å²) >= 11 is 0. The van der Waals surface area contributed by atoms with Crippen molar-refractivity contribution in [2.75, 3.05) is 37.7 Å². The predicted octanol–water partition coefficient (Wildman–Crippen LogP) is 3.19. The summed E-state index contributed by atoms with van der Waals surface area (Å²) < 4.78 is 5.45. The molecule has 2 aromatic carbocycles. The fraction of sp³-hybridized carbons (Fsp3) is 0.423. The third-order valence-corrected chi connectivity index (χ3v) is 6.51. The normalized spacial score (nSPS) is 17.4. The van der Waals surface area contributed by atoms with Gasteiger partial charge in [-0.15, -0.1) is 0 Å². The van der Waals surface area contributed by atoms with Gasteiger partial charge in [-0.1, -0.05) is 26.0 Å². The van der Waals surface area contributed by atoms with Gasteiger partial charge in [0.1, 0.15) is 0 Å². The molecule has 3 amide bonds. The predicted molar refractivity (Wildman–Crippen MR) is 127 cm³/mol. The Labute approximate surface area is 194 Å². The van der Waals surface area contributed by atoms with E-state index in [1.54, 1.807) is 12.1 Å². The van der Waals surface area contributed by atoms with E-state index in [4.69, 9.17) is 4.74 Å². The Morgan fingerprint density at radius 3 is 2.39 bits per heavy atom. The van der Waals surface area contributed by atoms with Crippen LogP contribution in [-0.2, 0) is 4.74 Å². The van der Waals surface area contributed by atoms with Crippen LogP contribution in [0.25, 0.3) is 0 Å². The molecule has 7 nitrogen and oxygen atoms in total. The van der Waals surface area contributed by atoms with Gasteiger partial charge in [-0.2, -0.15) is 0 Å². The molecule has 1 fully saturated rings. The molecule has 0 saturated carbocycles. The van der Waals surface area contributed by atoms with Crippen molar-refractivity contribution < 1.29 is 19.1 Å². The van der Waals surface area contributed by atoms with Gasteiger partial charge in [-0.05, 0) is 55.2 Å². The third-order valence-electron chi connectivity index (χ3n) is 6.51. The molecule has 0 spiro atoms. The second kappa shape index (κ2) is 9.45. The molecule has 1 atom stereocenters. The second-order valence-electron chi connectivity index (χ2n) is 9.17. The zero-order valence-corrected chi connectivity index (χ0v) is 19.7. The summed E-state index contributed by atoms with van der Waals surface area (Å²) in [6, 6.07) is 10.6. The maximum Gasteiger partial charge on any atom is 0.266 e. The van der Waals surface area contributed by atoms with Crippen molar-refractivity contribution >= 4 is 23.4 Å². The van der Waals surface area contributed by atoms with Crippen LogP contribution < -0.4 is 10.2 Å². The van der Waals surface area contributed by atoms with Crippen molar-refractivity contribution in [3.8, 4) is 0 Å². The number of morpholine rings is 1. The largest absolute Gasteiger partial charge is 0.379 e. The van der Waals surface area contributed by atoms with E-state index in [1.165, 1.54) is 11.0 Å². The van der Waals surface area contributed by atoms with E-state index in [9.17, 15) is 14.4 Å². The topological polar surface area (TPSA) is 79.0 Å². The number of fused-ring (bicyclic) bond motifs is 1. The van der Waals surface area contributed by atoms with E-state index in [-0.39, 0.29) is 23.4 Å². The highest BCUT2D eigenvalue weighted by Gasteiger charge is 2.38. The van der Waals surface area contributed by atoms with Gasteiger partial charge in [0.15, 0.2) is 0 Å². The number of anilines is 1. The number of hydrogen-bond donors (Lipinski definition) is 1. The molecular weight excluding hydrogens is 418 g/mol. The Hall–Kier alpha value is -3.03. The number of aryl methyl sites for hydroxylation is 2. The van der Waals surface area contributed by atoms with Crippen LogP contribution in [0.4, 0.5) is 5.69 Å². The van der Waals surface area contributed by atoms with E-state index in [2.05, 4.69) is 24.1 Å². The van der Waals surface area contributed by atoms with Crippen LogP contribution in [0.5, 0.6) is 0 Å². The van der Waals surface area contributed by atoms with E-state index in [0.717, 1.165) is 24.2 Å². The van der Waals surface area contributed by atoms with Crippen LogP contribution in [0.15, 0.2) is 36.4 Å². The van der Waals surface area contributed by atoms with Crippen molar-refractivity contribution in [2.24, 2.45) is 5.92 Å². The van der Waals surface area contributed by atoms with E-state index >= 15 is 0 Å². The number of imide groups is 1. The number of ether oxygens (including phenoxy) is 1. The Morgan fingerprint density at radius 1 is 1.00 bits per heavy atom. The van der Waals surface area contributed by atoms with Crippen molar-refractivity contribution in [2.45, 2.75) is 33.7 Å². The highest BCUT2D eigenvalue weighted by Crippen LogP contribution is 2.31. The summed E-state index contributed by atoms with van der Waals surface area (Å²) in [4.78, 5) is 42.7. The number of carbonyl (C=O) groups is 3. The first-order valence-corrected chi connectivity index (χ1v) is 11.5. The summed E-state index contributed by atoms with van der Waals surface area (Å²) in [5.74, 6) is -0.634. The zero-order chi connectivity index (χ0) is 23.7. The van der Waals surface area contributed by atoms with Crippen molar-refractivity contribution in [3.05, 3.63) is 64.2 Å². The van der Waals surface area contributed by atoms with Gasteiger partial charge >= 0.3 is 0 Å². The highest BCUT2D eigenvalue weighted by molar-refractivity contribution is 6.35. The fourth-order valence-electron chi connectivity index (χ4n) is 4.56. The van der Waals surface area contributed by atoms with Gasteiger partial charge in [0.25, 0.3) is 17.7 Å². The molecule has 33 heavy (non-hydrogen) atoms. The lowest BCUT2D eigenvalue weighted by molar-refractivity contribution is 0.00672. The highest BCUT2D eigenvalue weighted by atomic mass is 16.5. The molecule has 7 heteroatoms. The molecule has 174 valence electrons. The average Bonchev–Trinajstić information content (AvgIpc) is 3.05. The first-order valence-electron chi connectivity index (χ1n) is 11.5. The number of nitrogens with one attached hydrogen (secondary N) is 1. The Morgan fingerprint density at radius 2 is 1.70 bits per heavy atom. The average molecular weight is 450 g/mol. The molecule has 0 aromatic heterocycles. The van der Waals surface area contributed by atoms with Crippen LogP contribution in [0.3, 0.4) is 0 Å². The molecule has 2 aromatic rings. The van der Waals surface area contributed by atoms with Gasteiger partial charge in [-0.25, -0.2) is 4.90 Å². The maximum absolute atomic E-state index is 13.2. The van der Waals surface area contributed by atoms with E-state index in [0.29, 0.717) is 42.5 Å². The van der Waals surface area contributed by atoms with Gasteiger partial charge < -0.3 is 10.1 Å². The standard InChI is InChI=1S/C26H31N3O4/c1-16(2)23(28-9-11-33-12-10-28)15-27-24(30)19-7-8-20-21(14-19)26(32)29(25(20)31)22-13-17(3)5-6-18(22)4/h5-8,13-14,16,23H,9-12,15H2,1-4H3,(H,27,30). The molecule has 2 aliphatic rings. The smallest absolute Gasteiger partial charge is 0.266 e. The molecule has 1 unspecified atom stereocenters. The lowest BCUT2D eigenvalue weighted by atomic mass is 10.0. The van der Waals surface area contributed by atoms with Crippen molar-refractivity contribution in [3.63, 3.8) is 0 Å². The van der Waals surface area contributed by atoms with E-state index in [1.807, 2.05) is 32.0 Å². The minimum Gasteiger partial charge on any atom is -0.379 e. The number of carbonyl (C=O) groups excluding carboxylic acids is 3. The van der Waals surface area contributed by atoms with Crippen LogP contribution in [0.2, 0.25) is 0 Å². The fourth-order valence-corrected chi connectivity index (χ4v) is 4.56. The summed E-state index contributed by atoms with van der Waals surface area (Å²) in [7, 11) is 0. The molecule has 0 aliphatic carbocycles. The monoisotopic (exact) mass is 449 g/mol. The van der Waals surface area contributed by atoms with Crippen LogP contribution in [0.1, 0.15) is 56.0 Å². The van der Waals surface area contributed by atoms with Crippen LogP contribution in [0, 0.1) is 19.8 Å². The Bertz CT molecular complexity index is 1090. The number of benzene rings is 2. The van der Waals surface area contributed by atoms with Crippen molar-refractivity contribution in [1.82, 2.24) is 10.2 Å². The number of nitrogens with zero attached hydrogens (tertiary/aromatic N) is 2. The summed E-state index contributed by atoms with van der Waals surface area (Å²) in [5, 5.41) is 3.02. The SMILES string of the molecule is Cc1ccc(C)c(N2C(=O)c3ccc(C(=O)NCC(C(C)C)N4CCOCC4)cc3C2=O)c1. The zero-order valence-electron chi connectivity index (χ0n) is 19.7. The van der Waals surface area contributed by atoms with Gasteiger partial charge in [0, 0.05) is 31.2 Å². The molecule has 1 N–H and O–H groups in total. The van der Waals surface area contributed by atoms with Gasteiger partial charge in [0.2, 0.25) is 0 Å². The lowest BCUT2D eigenvalue weighted by Gasteiger charge is -2.36. The summed E-state index contributed by atoms with van der Waals surface area (Å²) in [6.45, 7) is 11.7. The molecule has 0 bridgehead atoms.